The van der Waals surface area contributed by atoms with Gasteiger partial charge in [-0.25, -0.2) is 0 Å². The number of benzene rings is 2. The Bertz CT molecular complexity index is 736. The minimum Gasteiger partial charge on any atom is -0.497 e. The number of piperazine rings is 1. The molecule has 1 atom stereocenters. The van der Waals surface area contributed by atoms with Crippen molar-refractivity contribution in [3.63, 3.8) is 0 Å². The standard InChI is InChI=1S/C21H26N2O4/c1-26-18-12-17(13-19(14-18)27-2)21(25)23-10-8-22(9-11-23)15-20(24)16-6-4-3-5-7-16/h3-7,12-14,20,24H,8-11,15H2,1-2H3/t20-/m0/s1. The van der Waals surface area contributed by atoms with Crippen molar-refractivity contribution < 1.29 is 19.4 Å². The molecule has 0 unspecified atom stereocenters. The molecule has 1 heterocycles. The minimum absolute atomic E-state index is 0.0320. The lowest BCUT2D eigenvalue weighted by Gasteiger charge is -2.35. The zero-order chi connectivity index (χ0) is 19.2. The van der Waals surface area contributed by atoms with E-state index in [4.69, 9.17) is 9.47 Å². The predicted molar refractivity (Wildman–Crippen MR) is 103 cm³/mol. The zero-order valence-electron chi connectivity index (χ0n) is 15.8. The third kappa shape index (κ3) is 4.78. The number of rotatable bonds is 6. The quantitative estimate of drug-likeness (QED) is 0.845. The highest BCUT2D eigenvalue weighted by molar-refractivity contribution is 5.95. The van der Waals surface area contributed by atoms with Crippen LogP contribution in [0.5, 0.6) is 11.5 Å². The molecule has 1 fully saturated rings. The van der Waals surface area contributed by atoms with Gasteiger partial charge >= 0.3 is 0 Å². The summed E-state index contributed by atoms with van der Waals surface area (Å²) in [6, 6.07) is 14.9. The average Bonchev–Trinajstić information content (AvgIpc) is 2.74. The molecule has 1 aliphatic rings. The molecular formula is C21H26N2O4. The van der Waals surface area contributed by atoms with E-state index in [0.29, 0.717) is 36.7 Å². The Morgan fingerprint density at radius 2 is 1.59 bits per heavy atom. The molecule has 6 heteroatoms. The largest absolute Gasteiger partial charge is 0.497 e. The van der Waals surface area contributed by atoms with E-state index in [9.17, 15) is 9.90 Å². The molecule has 0 aromatic heterocycles. The number of β-amino-alcohol motifs (C(OH)–C–C–N with tert-alkyl or cyclic N) is 1. The van der Waals surface area contributed by atoms with E-state index in [-0.39, 0.29) is 5.91 Å². The second kappa shape index (κ2) is 8.88. The molecule has 1 aliphatic heterocycles. The Hall–Kier alpha value is -2.57. The maximum atomic E-state index is 12.8. The fourth-order valence-electron chi connectivity index (χ4n) is 3.27. The van der Waals surface area contributed by atoms with Crippen LogP contribution in [-0.4, -0.2) is 67.8 Å². The molecule has 2 aromatic carbocycles. The van der Waals surface area contributed by atoms with Crippen molar-refractivity contribution in [2.75, 3.05) is 46.9 Å². The van der Waals surface area contributed by atoms with Crippen molar-refractivity contribution in [2.45, 2.75) is 6.10 Å². The van der Waals surface area contributed by atoms with E-state index in [2.05, 4.69) is 4.90 Å². The zero-order valence-corrected chi connectivity index (χ0v) is 15.8. The van der Waals surface area contributed by atoms with Gasteiger partial charge in [-0.2, -0.15) is 0 Å². The lowest BCUT2D eigenvalue weighted by atomic mass is 10.1. The molecule has 1 amide bonds. The van der Waals surface area contributed by atoms with Gasteiger partial charge in [-0.15, -0.1) is 0 Å². The Balaban J connectivity index is 1.58. The van der Waals surface area contributed by atoms with E-state index < -0.39 is 6.10 Å². The summed E-state index contributed by atoms with van der Waals surface area (Å²) >= 11 is 0. The molecule has 6 nitrogen and oxygen atoms in total. The van der Waals surface area contributed by atoms with E-state index in [1.807, 2.05) is 35.2 Å². The van der Waals surface area contributed by atoms with Gasteiger partial charge in [-0.3, -0.25) is 9.69 Å². The summed E-state index contributed by atoms with van der Waals surface area (Å²) in [6.45, 7) is 3.28. The van der Waals surface area contributed by atoms with Crippen molar-refractivity contribution >= 4 is 5.91 Å². The van der Waals surface area contributed by atoms with E-state index >= 15 is 0 Å². The van der Waals surface area contributed by atoms with E-state index in [1.54, 1.807) is 32.4 Å². The Labute approximate surface area is 159 Å². The van der Waals surface area contributed by atoms with Gasteiger partial charge in [0.2, 0.25) is 0 Å². The number of carbonyl (C=O) groups is 1. The van der Waals surface area contributed by atoms with Crippen LogP contribution in [0.25, 0.3) is 0 Å². The highest BCUT2D eigenvalue weighted by Crippen LogP contribution is 2.24. The highest BCUT2D eigenvalue weighted by atomic mass is 16.5. The lowest BCUT2D eigenvalue weighted by molar-refractivity contribution is 0.0527. The van der Waals surface area contributed by atoms with Gasteiger partial charge < -0.3 is 19.5 Å². The van der Waals surface area contributed by atoms with Gasteiger partial charge in [0.15, 0.2) is 0 Å². The summed E-state index contributed by atoms with van der Waals surface area (Å²) in [5.41, 5.74) is 1.48. The van der Waals surface area contributed by atoms with Gasteiger partial charge in [0.1, 0.15) is 11.5 Å². The number of ether oxygens (including phenoxy) is 2. The fourth-order valence-corrected chi connectivity index (χ4v) is 3.27. The molecular weight excluding hydrogens is 344 g/mol. The van der Waals surface area contributed by atoms with Crippen LogP contribution in [0.3, 0.4) is 0 Å². The van der Waals surface area contributed by atoms with Crippen LogP contribution in [0.2, 0.25) is 0 Å². The van der Waals surface area contributed by atoms with Crippen molar-refractivity contribution in [1.29, 1.82) is 0 Å². The molecule has 1 N–H and O–H groups in total. The molecule has 0 radical (unpaired) electrons. The van der Waals surface area contributed by atoms with Crippen LogP contribution >= 0.6 is 0 Å². The summed E-state index contributed by atoms with van der Waals surface area (Å²) < 4.78 is 10.5. The molecule has 27 heavy (non-hydrogen) atoms. The predicted octanol–water partition coefficient (Wildman–Crippen LogP) is 2.20. The summed E-state index contributed by atoms with van der Waals surface area (Å²) in [5.74, 6) is 1.17. The molecule has 0 spiro atoms. The van der Waals surface area contributed by atoms with Gasteiger partial charge in [-0.1, -0.05) is 30.3 Å². The first-order chi connectivity index (χ1) is 13.1. The molecule has 3 rings (SSSR count). The Morgan fingerprint density at radius 3 is 2.15 bits per heavy atom. The molecule has 144 valence electrons. The molecule has 2 aromatic rings. The number of carbonyl (C=O) groups excluding carboxylic acids is 1. The third-order valence-electron chi connectivity index (χ3n) is 4.87. The highest BCUT2D eigenvalue weighted by Gasteiger charge is 2.24. The van der Waals surface area contributed by atoms with E-state index in [1.165, 1.54) is 0 Å². The summed E-state index contributed by atoms with van der Waals surface area (Å²) in [6.07, 6.45) is -0.518. The first-order valence-electron chi connectivity index (χ1n) is 9.08. The molecule has 0 aliphatic carbocycles. The number of aliphatic hydroxyl groups excluding tert-OH is 1. The second-order valence-corrected chi connectivity index (χ2v) is 6.62. The van der Waals surface area contributed by atoms with Gasteiger partial charge in [0, 0.05) is 44.4 Å². The monoisotopic (exact) mass is 370 g/mol. The SMILES string of the molecule is COc1cc(OC)cc(C(=O)N2CCN(C[C@H](O)c3ccccc3)CC2)c1. The lowest BCUT2D eigenvalue weighted by Crippen LogP contribution is -2.49. The first-order valence-corrected chi connectivity index (χ1v) is 9.08. The number of hydrogen-bond donors (Lipinski definition) is 1. The van der Waals surface area contributed by atoms with Crippen LogP contribution in [0.4, 0.5) is 0 Å². The third-order valence-corrected chi connectivity index (χ3v) is 4.87. The average molecular weight is 370 g/mol. The number of methoxy groups -OCH3 is 2. The van der Waals surface area contributed by atoms with Crippen molar-refractivity contribution in [2.24, 2.45) is 0 Å². The maximum absolute atomic E-state index is 12.8. The van der Waals surface area contributed by atoms with Crippen molar-refractivity contribution in [3.8, 4) is 11.5 Å². The van der Waals surface area contributed by atoms with E-state index in [0.717, 1.165) is 18.7 Å². The Morgan fingerprint density at radius 1 is 1.00 bits per heavy atom. The number of nitrogens with zero attached hydrogens (tertiary/aromatic N) is 2. The van der Waals surface area contributed by atoms with Crippen LogP contribution in [0, 0.1) is 0 Å². The Kier molecular flexibility index (Phi) is 6.32. The summed E-state index contributed by atoms with van der Waals surface area (Å²) in [7, 11) is 3.14. The number of amides is 1. The second-order valence-electron chi connectivity index (χ2n) is 6.62. The summed E-state index contributed by atoms with van der Waals surface area (Å²) in [5, 5.41) is 10.4. The smallest absolute Gasteiger partial charge is 0.254 e. The minimum atomic E-state index is -0.518. The summed E-state index contributed by atoms with van der Waals surface area (Å²) in [4.78, 5) is 16.9. The van der Waals surface area contributed by atoms with Crippen LogP contribution in [0.15, 0.2) is 48.5 Å². The van der Waals surface area contributed by atoms with Crippen molar-refractivity contribution in [1.82, 2.24) is 9.80 Å². The van der Waals surface area contributed by atoms with Gasteiger partial charge in [-0.05, 0) is 17.7 Å². The number of hydrogen-bond acceptors (Lipinski definition) is 5. The van der Waals surface area contributed by atoms with Crippen LogP contribution < -0.4 is 9.47 Å². The molecule has 0 saturated carbocycles. The molecule has 0 bridgehead atoms. The number of aliphatic hydroxyl groups is 1. The first kappa shape index (κ1) is 19.2. The van der Waals surface area contributed by atoms with Crippen LogP contribution in [-0.2, 0) is 0 Å². The maximum Gasteiger partial charge on any atom is 0.254 e. The normalized spacial score (nSPS) is 16.0. The topological polar surface area (TPSA) is 62.2 Å². The van der Waals surface area contributed by atoms with Crippen molar-refractivity contribution in [3.05, 3.63) is 59.7 Å². The van der Waals surface area contributed by atoms with Gasteiger partial charge in [0.05, 0.1) is 20.3 Å². The molecule has 1 saturated heterocycles. The fraction of sp³-hybridized carbons (Fsp3) is 0.381. The van der Waals surface area contributed by atoms with Gasteiger partial charge in [0.25, 0.3) is 5.91 Å². The van der Waals surface area contributed by atoms with Crippen LogP contribution in [0.1, 0.15) is 22.0 Å².